The Morgan fingerprint density at radius 2 is 1.86 bits per heavy atom. The highest BCUT2D eigenvalue weighted by molar-refractivity contribution is 5.86. The third-order valence-electron chi connectivity index (χ3n) is 4.77. The molecular weight excluding hydrogens is 272 g/mol. The van der Waals surface area contributed by atoms with Gasteiger partial charge in [0.05, 0.1) is 0 Å². The Morgan fingerprint density at radius 1 is 1.19 bits per heavy atom. The summed E-state index contributed by atoms with van der Waals surface area (Å²) in [4.78, 5) is 23.9. The standard InChI is InChI=1S/C15H26N2O4/c1-11-4-3-5-15(10-11,12(18)19)17-13(20)16-14(2)6-8-21-9-7-14/h11H,3-10H2,1-2H3,(H,18,19)(H2,16,17,20). The van der Waals surface area contributed by atoms with E-state index >= 15 is 0 Å². The second-order valence-electron chi connectivity index (χ2n) is 6.84. The molecule has 21 heavy (non-hydrogen) atoms. The molecule has 2 amide bonds. The summed E-state index contributed by atoms with van der Waals surface area (Å²) in [5, 5.41) is 15.3. The molecule has 6 heteroatoms. The second-order valence-corrected chi connectivity index (χ2v) is 6.84. The van der Waals surface area contributed by atoms with Gasteiger partial charge in [-0.3, -0.25) is 0 Å². The Labute approximate surface area is 125 Å². The lowest BCUT2D eigenvalue weighted by Gasteiger charge is -2.39. The maximum Gasteiger partial charge on any atom is 0.329 e. The molecule has 1 aliphatic carbocycles. The van der Waals surface area contributed by atoms with Crippen LogP contribution in [0, 0.1) is 5.92 Å². The summed E-state index contributed by atoms with van der Waals surface area (Å²) in [6.45, 7) is 5.26. The number of amides is 2. The fourth-order valence-electron chi connectivity index (χ4n) is 3.38. The zero-order chi connectivity index (χ0) is 15.5. The van der Waals surface area contributed by atoms with Crippen LogP contribution in [0.4, 0.5) is 4.79 Å². The van der Waals surface area contributed by atoms with E-state index in [1.165, 1.54) is 0 Å². The highest BCUT2D eigenvalue weighted by Gasteiger charge is 2.44. The van der Waals surface area contributed by atoms with Crippen molar-refractivity contribution in [2.45, 2.75) is 63.5 Å². The molecule has 1 saturated carbocycles. The molecule has 2 aliphatic rings. The largest absolute Gasteiger partial charge is 0.480 e. The quantitative estimate of drug-likeness (QED) is 0.742. The smallest absolute Gasteiger partial charge is 0.329 e. The Hall–Kier alpha value is -1.30. The predicted molar refractivity (Wildman–Crippen MR) is 78.1 cm³/mol. The van der Waals surface area contributed by atoms with Crippen molar-refractivity contribution in [2.24, 2.45) is 5.92 Å². The van der Waals surface area contributed by atoms with Crippen LogP contribution in [0.5, 0.6) is 0 Å². The van der Waals surface area contributed by atoms with Gasteiger partial charge in [-0.15, -0.1) is 0 Å². The number of hydrogen-bond acceptors (Lipinski definition) is 3. The number of carbonyl (C=O) groups excluding carboxylic acids is 1. The molecule has 2 unspecified atom stereocenters. The van der Waals surface area contributed by atoms with Crippen LogP contribution in [0.15, 0.2) is 0 Å². The highest BCUT2D eigenvalue weighted by atomic mass is 16.5. The lowest BCUT2D eigenvalue weighted by molar-refractivity contribution is -0.146. The van der Waals surface area contributed by atoms with Gasteiger partial charge >= 0.3 is 12.0 Å². The minimum absolute atomic E-state index is 0.314. The van der Waals surface area contributed by atoms with Crippen molar-refractivity contribution in [1.29, 1.82) is 0 Å². The number of aliphatic carboxylic acids is 1. The summed E-state index contributed by atoms with van der Waals surface area (Å²) in [7, 11) is 0. The fraction of sp³-hybridized carbons (Fsp3) is 0.867. The molecule has 0 radical (unpaired) electrons. The van der Waals surface area contributed by atoms with E-state index in [1.807, 2.05) is 13.8 Å². The van der Waals surface area contributed by atoms with Crippen molar-refractivity contribution in [3.8, 4) is 0 Å². The van der Waals surface area contributed by atoms with E-state index in [0.29, 0.717) is 32.0 Å². The van der Waals surface area contributed by atoms with Gasteiger partial charge in [0.15, 0.2) is 0 Å². The van der Waals surface area contributed by atoms with E-state index in [2.05, 4.69) is 10.6 Å². The highest BCUT2D eigenvalue weighted by Crippen LogP contribution is 2.32. The second kappa shape index (κ2) is 6.22. The maximum absolute atomic E-state index is 12.3. The molecule has 1 saturated heterocycles. The number of urea groups is 1. The van der Waals surface area contributed by atoms with Gasteiger partial charge < -0.3 is 20.5 Å². The molecule has 0 aromatic rings. The van der Waals surface area contributed by atoms with Crippen molar-refractivity contribution in [3.63, 3.8) is 0 Å². The van der Waals surface area contributed by atoms with Crippen LogP contribution in [0.2, 0.25) is 0 Å². The molecule has 1 aliphatic heterocycles. The Balaban J connectivity index is 2.00. The number of carboxylic acids is 1. The van der Waals surface area contributed by atoms with Crippen LogP contribution in [0.1, 0.15) is 52.4 Å². The molecule has 0 aromatic heterocycles. The SMILES string of the molecule is CC1CCCC(NC(=O)NC2(C)CCOCC2)(C(=O)O)C1. The number of carbonyl (C=O) groups is 2. The first-order valence-corrected chi connectivity index (χ1v) is 7.77. The van der Waals surface area contributed by atoms with E-state index in [9.17, 15) is 14.7 Å². The van der Waals surface area contributed by atoms with Gasteiger partial charge in [0.25, 0.3) is 0 Å². The zero-order valence-electron chi connectivity index (χ0n) is 12.9. The number of rotatable bonds is 3. The predicted octanol–water partition coefficient (Wildman–Crippen LogP) is 1.89. The lowest BCUT2D eigenvalue weighted by atomic mass is 9.76. The summed E-state index contributed by atoms with van der Waals surface area (Å²) in [6, 6.07) is -0.379. The van der Waals surface area contributed by atoms with Gasteiger partial charge in [0.1, 0.15) is 5.54 Å². The van der Waals surface area contributed by atoms with Crippen LogP contribution in [-0.2, 0) is 9.53 Å². The Morgan fingerprint density at radius 3 is 2.43 bits per heavy atom. The van der Waals surface area contributed by atoms with Gasteiger partial charge in [-0.25, -0.2) is 9.59 Å². The van der Waals surface area contributed by atoms with Crippen molar-refractivity contribution in [3.05, 3.63) is 0 Å². The third kappa shape index (κ3) is 3.87. The minimum atomic E-state index is -1.12. The molecular formula is C15H26N2O4. The van der Waals surface area contributed by atoms with Crippen molar-refractivity contribution < 1.29 is 19.4 Å². The first-order chi connectivity index (χ1) is 9.85. The maximum atomic E-state index is 12.3. The van der Waals surface area contributed by atoms with Gasteiger partial charge in [-0.1, -0.05) is 19.8 Å². The van der Waals surface area contributed by atoms with Gasteiger partial charge in [-0.2, -0.15) is 0 Å². The molecule has 120 valence electrons. The van der Waals surface area contributed by atoms with Crippen LogP contribution >= 0.6 is 0 Å². The van der Waals surface area contributed by atoms with Gasteiger partial charge in [-0.05, 0) is 38.5 Å². The number of carboxylic acid groups (broad SMARTS) is 1. The zero-order valence-corrected chi connectivity index (χ0v) is 12.9. The monoisotopic (exact) mass is 298 g/mol. The molecule has 6 nitrogen and oxygen atoms in total. The summed E-state index contributed by atoms with van der Waals surface area (Å²) in [6.07, 6.45) is 4.34. The summed E-state index contributed by atoms with van der Waals surface area (Å²) in [5.41, 5.74) is -1.44. The summed E-state index contributed by atoms with van der Waals surface area (Å²) >= 11 is 0. The van der Waals surface area contributed by atoms with Crippen LogP contribution in [-0.4, -0.2) is 41.4 Å². The first-order valence-electron chi connectivity index (χ1n) is 7.77. The van der Waals surface area contributed by atoms with E-state index in [0.717, 1.165) is 25.7 Å². The van der Waals surface area contributed by atoms with Crippen molar-refractivity contribution in [2.75, 3.05) is 13.2 Å². The van der Waals surface area contributed by atoms with Crippen LogP contribution < -0.4 is 10.6 Å². The van der Waals surface area contributed by atoms with Crippen LogP contribution in [0.25, 0.3) is 0 Å². The number of nitrogens with one attached hydrogen (secondary N) is 2. The molecule has 0 bridgehead atoms. The summed E-state index contributed by atoms with van der Waals surface area (Å²) in [5.74, 6) is -0.616. The van der Waals surface area contributed by atoms with Gasteiger partial charge in [0, 0.05) is 18.8 Å². The fourth-order valence-corrected chi connectivity index (χ4v) is 3.38. The Kier molecular flexibility index (Phi) is 4.76. The molecule has 2 fully saturated rings. The molecule has 2 atom stereocenters. The summed E-state index contributed by atoms with van der Waals surface area (Å²) < 4.78 is 5.30. The molecule has 1 heterocycles. The average molecular weight is 298 g/mol. The van der Waals surface area contributed by atoms with Gasteiger partial charge in [0.2, 0.25) is 0 Å². The van der Waals surface area contributed by atoms with E-state index in [4.69, 9.17) is 4.74 Å². The number of ether oxygens (including phenoxy) is 1. The third-order valence-corrected chi connectivity index (χ3v) is 4.77. The minimum Gasteiger partial charge on any atom is -0.480 e. The number of hydrogen-bond donors (Lipinski definition) is 3. The average Bonchev–Trinajstić information content (AvgIpc) is 2.38. The Bertz CT molecular complexity index is 406. The molecule has 2 rings (SSSR count). The van der Waals surface area contributed by atoms with Crippen molar-refractivity contribution in [1.82, 2.24) is 10.6 Å². The van der Waals surface area contributed by atoms with Crippen LogP contribution in [0.3, 0.4) is 0 Å². The topological polar surface area (TPSA) is 87.7 Å². The van der Waals surface area contributed by atoms with E-state index < -0.39 is 11.5 Å². The van der Waals surface area contributed by atoms with E-state index in [-0.39, 0.29) is 11.6 Å². The lowest BCUT2D eigenvalue weighted by Crippen LogP contribution is -2.62. The molecule has 3 N–H and O–H groups in total. The first kappa shape index (κ1) is 16.1. The van der Waals surface area contributed by atoms with E-state index in [1.54, 1.807) is 0 Å². The molecule has 0 spiro atoms. The molecule has 0 aromatic carbocycles. The van der Waals surface area contributed by atoms with Crippen molar-refractivity contribution >= 4 is 12.0 Å². The normalized spacial score (nSPS) is 32.2.